The maximum Gasteiger partial charge on any atom is 0.289 e. The quantitative estimate of drug-likeness (QED) is 0.615. The smallest absolute Gasteiger partial charge is 0.289 e. The topological polar surface area (TPSA) is 110 Å². The van der Waals surface area contributed by atoms with E-state index in [9.17, 15) is 18.5 Å². The number of hydrogen-bond donors (Lipinski definition) is 2. The first kappa shape index (κ1) is 15.0. The standard InChI is InChI=1S/C9H11BrN2O5S/c1-6(5-13)11-18(16,17)9-4-7(10)2-3-8(9)12(14)15/h2-4,6,11,13H,5H2,1H3/t6-/m0/s1. The van der Waals surface area contributed by atoms with Gasteiger partial charge in [-0.2, -0.15) is 0 Å². The fraction of sp³-hybridized carbons (Fsp3) is 0.333. The first-order valence-corrected chi connectivity index (χ1v) is 7.12. The maximum absolute atomic E-state index is 11.9. The van der Waals surface area contributed by atoms with Gasteiger partial charge in [-0.3, -0.25) is 10.1 Å². The van der Waals surface area contributed by atoms with Crippen molar-refractivity contribution in [1.82, 2.24) is 4.72 Å². The zero-order valence-electron chi connectivity index (χ0n) is 9.33. The van der Waals surface area contributed by atoms with Crippen molar-refractivity contribution < 1.29 is 18.4 Å². The summed E-state index contributed by atoms with van der Waals surface area (Å²) >= 11 is 3.06. The number of nitrogens with one attached hydrogen (secondary N) is 1. The van der Waals surface area contributed by atoms with Crippen LogP contribution in [0.5, 0.6) is 0 Å². The Morgan fingerprint density at radius 1 is 1.56 bits per heavy atom. The Labute approximate surface area is 112 Å². The van der Waals surface area contributed by atoms with Gasteiger partial charge in [-0.15, -0.1) is 0 Å². The van der Waals surface area contributed by atoms with Crippen LogP contribution >= 0.6 is 15.9 Å². The second-order valence-electron chi connectivity index (χ2n) is 3.57. The summed E-state index contributed by atoms with van der Waals surface area (Å²) in [5.74, 6) is 0. The molecule has 2 N–H and O–H groups in total. The fourth-order valence-corrected chi connectivity index (χ4v) is 3.16. The number of aliphatic hydroxyl groups is 1. The van der Waals surface area contributed by atoms with Crippen molar-refractivity contribution in [3.05, 3.63) is 32.8 Å². The average Bonchev–Trinajstić information content (AvgIpc) is 2.27. The second kappa shape index (κ2) is 5.74. The summed E-state index contributed by atoms with van der Waals surface area (Å²) in [6, 6.07) is 2.90. The van der Waals surface area contributed by atoms with Gasteiger partial charge < -0.3 is 5.11 Å². The van der Waals surface area contributed by atoms with Crippen LogP contribution in [0.1, 0.15) is 6.92 Å². The highest BCUT2D eigenvalue weighted by molar-refractivity contribution is 9.10. The first-order chi connectivity index (χ1) is 8.27. The zero-order chi connectivity index (χ0) is 13.9. The van der Waals surface area contributed by atoms with Crippen molar-refractivity contribution in [3.8, 4) is 0 Å². The van der Waals surface area contributed by atoms with E-state index in [2.05, 4.69) is 20.7 Å². The van der Waals surface area contributed by atoms with Crippen LogP contribution in [0.4, 0.5) is 5.69 Å². The van der Waals surface area contributed by atoms with E-state index >= 15 is 0 Å². The number of nitro benzene ring substituents is 1. The Hall–Kier alpha value is -1.03. The number of nitrogens with zero attached hydrogens (tertiary/aromatic N) is 1. The van der Waals surface area contributed by atoms with Crippen molar-refractivity contribution in [2.75, 3.05) is 6.61 Å². The Morgan fingerprint density at radius 3 is 2.67 bits per heavy atom. The van der Waals surface area contributed by atoms with E-state index in [-0.39, 0.29) is 0 Å². The van der Waals surface area contributed by atoms with Gasteiger partial charge in [-0.25, -0.2) is 13.1 Å². The summed E-state index contributed by atoms with van der Waals surface area (Å²) in [6.07, 6.45) is 0. The number of halogens is 1. The molecule has 0 spiro atoms. The number of benzene rings is 1. The van der Waals surface area contributed by atoms with Crippen molar-refractivity contribution in [1.29, 1.82) is 0 Å². The highest BCUT2D eigenvalue weighted by Gasteiger charge is 2.27. The SMILES string of the molecule is C[C@@H](CO)NS(=O)(=O)c1cc(Br)ccc1[N+](=O)[O-]. The van der Waals surface area contributed by atoms with Gasteiger partial charge in [0.25, 0.3) is 5.69 Å². The molecule has 0 aliphatic heterocycles. The first-order valence-electron chi connectivity index (χ1n) is 4.85. The molecule has 9 heteroatoms. The van der Waals surface area contributed by atoms with Crippen molar-refractivity contribution in [2.24, 2.45) is 0 Å². The summed E-state index contributed by atoms with van der Waals surface area (Å²) in [5.41, 5.74) is -0.518. The minimum Gasteiger partial charge on any atom is -0.395 e. The molecule has 100 valence electrons. The lowest BCUT2D eigenvalue weighted by Gasteiger charge is -2.11. The molecule has 0 unspecified atom stereocenters. The van der Waals surface area contributed by atoms with Crippen LogP contribution in [-0.4, -0.2) is 31.1 Å². The van der Waals surface area contributed by atoms with Crippen LogP contribution in [0, 0.1) is 10.1 Å². The number of sulfonamides is 1. The monoisotopic (exact) mass is 338 g/mol. The highest BCUT2D eigenvalue weighted by atomic mass is 79.9. The molecule has 7 nitrogen and oxygen atoms in total. The van der Waals surface area contributed by atoms with E-state index in [1.807, 2.05) is 0 Å². The molecule has 0 fully saturated rings. The van der Waals surface area contributed by atoms with Gasteiger partial charge in [-0.1, -0.05) is 15.9 Å². The van der Waals surface area contributed by atoms with Gasteiger partial charge in [0, 0.05) is 16.6 Å². The molecular formula is C9H11BrN2O5S. The molecule has 1 aromatic carbocycles. The molecule has 1 aromatic rings. The van der Waals surface area contributed by atoms with Gasteiger partial charge >= 0.3 is 0 Å². The largest absolute Gasteiger partial charge is 0.395 e. The van der Waals surface area contributed by atoms with Crippen molar-refractivity contribution >= 4 is 31.6 Å². The van der Waals surface area contributed by atoms with Crippen LogP contribution in [0.25, 0.3) is 0 Å². The Kier molecular flexibility index (Phi) is 4.79. The van der Waals surface area contributed by atoms with E-state index in [4.69, 9.17) is 5.11 Å². The summed E-state index contributed by atoms with van der Waals surface area (Å²) < 4.78 is 26.4. The molecule has 0 heterocycles. The number of hydrogen-bond acceptors (Lipinski definition) is 5. The fourth-order valence-electron chi connectivity index (χ4n) is 1.22. The zero-order valence-corrected chi connectivity index (χ0v) is 11.7. The third-order valence-corrected chi connectivity index (χ3v) is 4.15. The molecule has 1 rings (SSSR count). The molecule has 0 bridgehead atoms. The third-order valence-electron chi connectivity index (χ3n) is 2.04. The van der Waals surface area contributed by atoms with E-state index in [1.54, 1.807) is 0 Å². The van der Waals surface area contributed by atoms with Crippen molar-refractivity contribution in [2.45, 2.75) is 17.9 Å². The lowest BCUT2D eigenvalue weighted by atomic mass is 10.3. The summed E-state index contributed by atoms with van der Waals surface area (Å²) in [7, 11) is -4.05. The molecule has 0 saturated heterocycles. The van der Waals surface area contributed by atoms with Gasteiger partial charge in [0.2, 0.25) is 10.0 Å². The Morgan fingerprint density at radius 2 is 2.17 bits per heavy atom. The third kappa shape index (κ3) is 3.48. The predicted molar refractivity (Wildman–Crippen MR) is 67.7 cm³/mol. The molecular weight excluding hydrogens is 328 g/mol. The van der Waals surface area contributed by atoms with Crippen LogP contribution in [0.2, 0.25) is 0 Å². The van der Waals surface area contributed by atoms with Crippen LogP contribution in [0.3, 0.4) is 0 Å². The van der Waals surface area contributed by atoms with Gasteiger partial charge in [-0.05, 0) is 19.1 Å². The van der Waals surface area contributed by atoms with Crippen LogP contribution in [0.15, 0.2) is 27.6 Å². The molecule has 0 aromatic heterocycles. The minimum absolute atomic E-state index is 0.402. The van der Waals surface area contributed by atoms with E-state index in [1.165, 1.54) is 13.0 Å². The average molecular weight is 339 g/mol. The molecule has 0 aliphatic carbocycles. The van der Waals surface area contributed by atoms with Crippen LogP contribution < -0.4 is 4.72 Å². The highest BCUT2D eigenvalue weighted by Crippen LogP contribution is 2.27. The molecule has 0 radical (unpaired) electrons. The molecule has 0 saturated carbocycles. The lowest BCUT2D eigenvalue weighted by Crippen LogP contribution is -2.35. The lowest BCUT2D eigenvalue weighted by molar-refractivity contribution is -0.387. The number of nitro groups is 1. The van der Waals surface area contributed by atoms with Gasteiger partial charge in [0.15, 0.2) is 4.90 Å². The minimum atomic E-state index is -4.05. The van der Waals surface area contributed by atoms with E-state index in [0.29, 0.717) is 4.47 Å². The molecule has 0 aliphatic rings. The van der Waals surface area contributed by atoms with Gasteiger partial charge in [0.1, 0.15) is 0 Å². The normalized spacial score (nSPS) is 13.3. The Balaban J connectivity index is 3.30. The Bertz CT molecular complexity index is 560. The number of rotatable bonds is 5. The molecule has 1 atom stereocenters. The van der Waals surface area contributed by atoms with E-state index < -0.39 is 38.2 Å². The van der Waals surface area contributed by atoms with Crippen molar-refractivity contribution in [3.63, 3.8) is 0 Å². The summed E-state index contributed by atoms with van der Waals surface area (Å²) in [4.78, 5) is 9.57. The van der Waals surface area contributed by atoms with Gasteiger partial charge in [0.05, 0.1) is 11.5 Å². The molecule has 18 heavy (non-hydrogen) atoms. The second-order valence-corrected chi connectivity index (χ2v) is 6.17. The predicted octanol–water partition coefficient (Wildman–Crippen LogP) is 1.02. The summed E-state index contributed by atoms with van der Waals surface area (Å²) in [6.45, 7) is 1.04. The van der Waals surface area contributed by atoms with E-state index in [0.717, 1.165) is 12.1 Å². The van der Waals surface area contributed by atoms with Crippen LogP contribution in [-0.2, 0) is 10.0 Å². The maximum atomic E-state index is 11.9. The summed E-state index contributed by atoms with van der Waals surface area (Å²) in [5, 5.41) is 19.6. The molecule has 0 amide bonds. The number of aliphatic hydroxyl groups excluding tert-OH is 1.